The van der Waals surface area contributed by atoms with E-state index in [4.69, 9.17) is 16.3 Å². The number of esters is 1. The van der Waals surface area contributed by atoms with Crippen LogP contribution in [0.25, 0.3) is 0 Å². The summed E-state index contributed by atoms with van der Waals surface area (Å²) >= 11 is 5.92. The van der Waals surface area contributed by atoms with E-state index in [1.807, 2.05) is 11.8 Å². The van der Waals surface area contributed by atoms with Crippen molar-refractivity contribution in [1.29, 1.82) is 0 Å². The van der Waals surface area contributed by atoms with Gasteiger partial charge in [0.05, 0.1) is 10.6 Å². The van der Waals surface area contributed by atoms with Crippen LogP contribution in [0.2, 0.25) is 5.02 Å². The van der Waals surface area contributed by atoms with Gasteiger partial charge in [-0.2, -0.15) is 0 Å². The summed E-state index contributed by atoms with van der Waals surface area (Å²) in [5.74, 6) is -0.847. The predicted molar refractivity (Wildman–Crippen MR) is 86.1 cm³/mol. The van der Waals surface area contributed by atoms with E-state index >= 15 is 0 Å². The van der Waals surface area contributed by atoms with Crippen LogP contribution < -0.4 is 0 Å². The summed E-state index contributed by atoms with van der Waals surface area (Å²) in [6.45, 7) is 4.72. The van der Waals surface area contributed by atoms with Gasteiger partial charge in [-0.1, -0.05) is 18.5 Å². The minimum Gasteiger partial charge on any atom is -0.459 e. The largest absolute Gasteiger partial charge is 0.459 e. The van der Waals surface area contributed by atoms with Gasteiger partial charge in [-0.15, -0.1) is 0 Å². The zero-order valence-electron chi connectivity index (χ0n) is 13.4. The normalized spacial score (nSPS) is 15.6. The third-order valence-electron chi connectivity index (χ3n) is 4.00. The number of carbonyl (C=O) groups excluding carboxylic acids is 2. The Labute approximate surface area is 140 Å². The third-order valence-corrected chi connectivity index (χ3v) is 4.31. The molecule has 0 aliphatic carbocycles. The van der Waals surface area contributed by atoms with Crippen molar-refractivity contribution >= 4 is 23.5 Å². The minimum absolute atomic E-state index is 0.0497. The molecule has 126 valence electrons. The van der Waals surface area contributed by atoms with E-state index in [-0.39, 0.29) is 22.6 Å². The third kappa shape index (κ3) is 4.44. The molecule has 1 aromatic carbocycles. The molecule has 0 radical (unpaired) electrons. The summed E-state index contributed by atoms with van der Waals surface area (Å²) in [7, 11) is 0. The number of hydrogen-bond donors (Lipinski definition) is 0. The molecular formula is C17H21ClFNO3. The molecule has 0 N–H and O–H groups in total. The number of likely N-dealkylation sites (tertiary alicyclic amines) is 1. The molecule has 1 amide bonds. The first-order valence-electron chi connectivity index (χ1n) is 7.86. The maximum absolute atomic E-state index is 13.4. The van der Waals surface area contributed by atoms with Gasteiger partial charge in [-0.05, 0) is 31.0 Å². The molecule has 0 spiro atoms. The number of ether oxygens (including phenoxy) is 1. The second-order valence-corrected chi connectivity index (χ2v) is 6.22. The van der Waals surface area contributed by atoms with Crippen LogP contribution in [0.4, 0.5) is 4.39 Å². The van der Waals surface area contributed by atoms with Crippen molar-refractivity contribution in [2.24, 2.45) is 0 Å². The zero-order valence-corrected chi connectivity index (χ0v) is 14.2. The van der Waals surface area contributed by atoms with Gasteiger partial charge < -0.3 is 9.64 Å². The van der Waals surface area contributed by atoms with Crippen LogP contribution in [-0.4, -0.2) is 36.0 Å². The number of hydrogen-bond acceptors (Lipinski definition) is 3. The van der Waals surface area contributed by atoms with Crippen molar-refractivity contribution in [3.8, 4) is 0 Å². The van der Waals surface area contributed by atoms with E-state index in [0.29, 0.717) is 37.9 Å². The average molecular weight is 342 g/mol. The Morgan fingerprint density at radius 3 is 2.61 bits per heavy atom. The number of carbonyl (C=O) groups is 2. The summed E-state index contributed by atoms with van der Waals surface area (Å²) in [6.07, 6.45) is 2.36. The van der Waals surface area contributed by atoms with Gasteiger partial charge in [0.25, 0.3) is 0 Å². The maximum Gasteiger partial charge on any atom is 0.339 e. The lowest BCUT2D eigenvalue weighted by atomic mass is 10.1. The summed E-state index contributed by atoms with van der Waals surface area (Å²) in [6, 6.07) is 2.53. The molecule has 0 bridgehead atoms. The molecule has 1 saturated heterocycles. The predicted octanol–water partition coefficient (Wildman–Crippen LogP) is 3.74. The highest BCUT2D eigenvalue weighted by Gasteiger charge is 2.26. The van der Waals surface area contributed by atoms with Gasteiger partial charge in [0, 0.05) is 32.4 Å². The molecule has 1 aromatic rings. The van der Waals surface area contributed by atoms with Gasteiger partial charge in [0.15, 0.2) is 0 Å². The van der Waals surface area contributed by atoms with Crippen LogP contribution in [0.3, 0.4) is 0 Å². The highest BCUT2D eigenvalue weighted by atomic mass is 35.5. The standard InChI is InChI=1S/C17H21ClFNO3/c1-3-4-16(21)20-7-5-12(6-8-20)23-17(22)13-9-11(2)15(19)10-14(13)18/h9-10,12H,3-8H2,1-2H3. The quantitative estimate of drug-likeness (QED) is 0.784. The number of aryl methyl sites for hydroxylation is 1. The SMILES string of the molecule is CCCC(=O)N1CCC(OC(=O)c2cc(C)c(F)cc2Cl)CC1. The molecule has 0 atom stereocenters. The van der Waals surface area contributed by atoms with Gasteiger partial charge in [0.2, 0.25) is 5.91 Å². The minimum atomic E-state index is -0.545. The van der Waals surface area contributed by atoms with Crippen LogP contribution in [0, 0.1) is 12.7 Å². The van der Waals surface area contributed by atoms with E-state index in [2.05, 4.69) is 0 Å². The number of benzene rings is 1. The Bertz CT molecular complexity index is 598. The summed E-state index contributed by atoms with van der Waals surface area (Å²) < 4.78 is 18.8. The topological polar surface area (TPSA) is 46.6 Å². The Morgan fingerprint density at radius 1 is 1.35 bits per heavy atom. The zero-order chi connectivity index (χ0) is 17.0. The lowest BCUT2D eigenvalue weighted by Gasteiger charge is -2.31. The first-order chi connectivity index (χ1) is 10.9. The van der Waals surface area contributed by atoms with E-state index in [1.54, 1.807) is 6.92 Å². The van der Waals surface area contributed by atoms with Gasteiger partial charge in [-0.3, -0.25) is 4.79 Å². The molecule has 1 aliphatic heterocycles. The van der Waals surface area contributed by atoms with E-state index in [9.17, 15) is 14.0 Å². The van der Waals surface area contributed by atoms with Crippen LogP contribution >= 0.6 is 11.6 Å². The monoisotopic (exact) mass is 341 g/mol. The fourth-order valence-corrected chi connectivity index (χ4v) is 2.85. The van der Waals surface area contributed by atoms with Crippen molar-refractivity contribution < 1.29 is 18.7 Å². The highest BCUT2D eigenvalue weighted by Crippen LogP contribution is 2.23. The smallest absolute Gasteiger partial charge is 0.339 e. The molecule has 0 aromatic heterocycles. The lowest BCUT2D eigenvalue weighted by molar-refractivity contribution is -0.133. The first kappa shape index (κ1) is 17.7. The number of piperidine rings is 1. The second-order valence-electron chi connectivity index (χ2n) is 5.82. The first-order valence-corrected chi connectivity index (χ1v) is 8.24. The van der Waals surface area contributed by atoms with Crippen molar-refractivity contribution in [3.05, 3.63) is 34.1 Å². The highest BCUT2D eigenvalue weighted by molar-refractivity contribution is 6.33. The Balaban J connectivity index is 1.93. The molecule has 0 saturated carbocycles. The molecule has 4 nitrogen and oxygen atoms in total. The maximum atomic E-state index is 13.4. The van der Waals surface area contributed by atoms with Gasteiger partial charge >= 0.3 is 5.97 Å². The van der Waals surface area contributed by atoms with Crippen molar-refractivity contribution in [2.45, 2.75) is 45.6 Å². The second kappa shape index (κ2) is 7.77. The van der Waals surface area contributed by atoms with Crippen molar-refractivity contribution in [3.63, 3.8) is 0 Å². The van der Waals surface area contributed by atoms with Gasteiger partial charge in [-0.25, -0.2) is 9.18 Å². The molecule has 23 heavy (non-hydrogen) atoms. The van der Waals surface area contributed by atoms with E-state index < -0.39 is 11.8 Å². The molecule has 2 rings (SSSR count). The van der Waals surface area contributed by atoms with Crippen LogP contribution in [0.1, 0.15) is 48.5 Å². The van der Waals surface area contributed by atoms with E-state index in [1.165, 1.54) is 6.07 Å². The number of amides is 1. The molecule has 1 heterocycles. The van der Waals surface area contributed by atoms with Crippen LogP contribution in [-0.2, 0) is 9.53 Å². The number of rotatable bonds is 4. The molecule has 0 unspecified atom stereocenters. The molecule has 6 heteroatoms. The Kier molecular flexibility index (Phi) is 5.99. The number of halogens is 2. The summed E-state index contributed by atoms with van der Waals surface area (Å²) in [4.78, 5) is 25.8. The number of nitrogens with zero attached hydrogens (tertiary/aromatic N) is 1. The van der Waals surface area contributed by atoms with Gasteiger partial charge in [0.1, 0.15) is 11.9 Å². The lowest BCUT2D eigenvalue weighted by Crippen LogP contribution is -2.41. The molecule has 1 aliphatic rings. The van der Waals surface area contributed by atoms with Crippen molar-refractivity contribution in [2.75, 3.05) is 13.1 Å². The van der Waals surface area contributed by atoms with Crippen LogP contribution in [0.15, 0.2) is 12.1 Å². The van der Waals surface area contributed by atoms with Crippen molar-refractivity contribution in [1.82, 2.24) is 4.90 Å². The Hall–Kier alpha value is -1.62. The fraction of sp³-hybridized carbons (Fsp3) is 0.529. The summed E-state index contributed by atoms with van der Waals surface area (Å²) in [5.41, 5.74) is 0.524. The molecule has 1 fully saturated rings. The molecular weight excluding hydrogens is 321 g/mol. The fourth-order valence-electron chi connectivity index (χ4n) is 2.62. The Morgan fingerprint density at radius 2 is 2.00 bits per heavy atom. The van der Waals surface area contributed by atoms with Crippen LogP contribution in [0.5, 0.6) is 0 Å². The summed E-state index contributed by atoms with van der Waals surface area (Å²) in [5, 5.41) is 0.0497. The average Bonchev–Trinajstić information content (AvgIpc) is 2.51. The van der Waals surface area contributed by atoms with E-state index in [0.717, 1.165) is 12.5 Å².